The Kier molecular flexibility index (Phi) is 5.58. The summed E-state index contributed by atoms with van der Waals surface area (Å²) in [6.07, 6.45) is 2.25. The second-order valence-electron chi connectivity index (χ2n) is 7.38. The molecule has 1 fully saturated rings. The van der Waals surface area contributed by atoms with Crippen LogP contribution in [0.5, 0.6) is 0 Å². The predicted molar refractivity (Wildman–Crippen MR) is 102 cm³/mol. The number of rotatable bonds is 3. The zero-order chi connectivity index (χ0) is 18.4. The molecule has 0 aromatic heterocycles. The number of benzene rings is 1. The van der Waals surface area contributed by atoms with Gasteiger partial charge in [-0.25, -0.2) is 0 Å². The number of halogens is 1. The maximum atomic E-state index is 12.8. The molecule has 140 valence electrons. The Morgan fingerprint density at radius 3 is 2.58 bits per heavy atom. The van der Waals surface area contributed by atoms with Crippen molar-refractivity contribution in [1.82, 2.24) is 9.80 Å². The van der Waals surface area contributed by atoms with Crippen LogP contribution in [0.4, 0.5) is 0 Å². The van der Waals surface area contributed by atoms with Crippen molar-refractivity contribution in [3.8, 4) is 0 Å². The van der Waals surface area contributed by atoms with E-state index < -0.39 is 0 Å². The Labute approximate surface area is 159 Å². The molecule has 7 heteroatoms. The molecule has 1 aromatic rings. The van der Waals surface area contributed by atoms with Gasteiger partial charge in [0.05, 0.1) is 11.1 Å². The quantitative estimate of drug-likeness (QED) is 0.645. The molecule has 0 bridgehead atoms. The van der Waals surface area contributed by atoms with E-state index in [0.717, 1.165) is 11.3 Å². The minimum absolute atomic E-state index is 0. The molecule has 0 saturated carbocycles. The van der Waals surface area contributed by atoms with E-state index in [0.29, 0.717) is 24.2 Å². The first kappa shape index (κ1) is 20.1. The number of carbonyl (C=O) groups excluding carboxylic acids is 3. The molecule has 2 heterocycles. The third-order valence-electron chi connectivity index (χ3n) is 5.13. The van der Waals surface area contributed by atoms with Gasteiger partial charge in [-0.2, -0.15) is 0 Å². The highest BCUT2D eigenvalue weighted by molar-refractivity contribution is 6.22. The highest BCUT2D eigenvalue weighted by Gasteiger charge is 2.38. The summed E-state index contributed by atoms with van der Waals surface area (Å²) in [5.74, 6) is -0.857. The van der Waals surface area contributed by atoms with Gasteiger partial charge >= 0.3 is 0 Å². The fraction of sp³-hybridized carbons (Fsp3) is 0.421. The van der Waals surface area contributed by atoms with Gasteiger partial charge in [0, 0.05) is 31.2 Å². The largest absolute Gasteiger partial charge is 0.338 e. The van der Waals surface area contributed by atoms with E-state index in [1.165, 1.54) is 12.1 Å². The van der Waals surface area contributed by atoms with E-state index in [1.54, 1.807) is 17.0 Å². The van der Waals surface area contributed by atoms with Crippen LogP contribution >= 0.6 is 12.4 Å². The maximum Gasteiger partial charge on any atom is 0.261 e. The average molecular weight is 378 g/mol. The Morgan fingerprint density at radius 1 is 1.31 bits per heavy atom. The number of nitrogens with zero attached hydrogens (tertiary/aromatic N) is 2. The predicted octanol–water partition coefficient (Wildman–Crippen LogP) is 2.09. The lowest BCUT2D eigenvalue weighted by Crippen LogP contribution is -2.54. The number of likely N-dealkylation sites (tertiary alicyclic amines) is 1. The Hall–Kier alpha value is -2.18. The third kappa shape index (κ3) is 3.27. The summed E-state index contributed by atoms with van der Waals surface area (Å²) in [6.45, 7) is 8.99. The Morgan fingerprint density at radius 2 is 1.96 bits per heavy atom. The molecule has 0 spiro atoms. The number of hydrogen-bond donors (Lipinski definition) is 1. The molecule has 26 heavy (non-hydrogen) atoms. The number of imide groups is 1. The van der Waals surface area contributed by atoms with Crippen molar-refractivity contribution in [2.24, 2.45) is 11.1 Å². The average Bonchev–Trinajstić information content (AvgIpc) is 2.81. The first-order valence-electron chi connectivity index (χ1n) is 8.42. The molecule has 0 aliphatic carbocycles. The van der Waals surface area contributed by atoms with E-state index in [2.05, 4.69) is 20.4 Å². The zero-order valence-electron chi connectivity index (χ0n) is 15.0. The number of nitrogens with two attached hydrogens (primary N) is 1. The fourth-order valence-electron chi connectivity index (χ4n) is 3.45. The Bertz CT molecular complexity index is 775. The van der Waals surface area contributed by atoms with Gasteiger partial charge in [0.1, 0.15) is 0 Å². The topological polar surface area (TPSA) is 83.7 Å². The molecule has 3 rings (SSSR count). The van der Waals surface area contributed by atoms with Crippen molar-refractivity contribution in [3.05, 3.63) is 47.5 Å². The van der Waals surface area contributed by atoms with Crippen LogP contribution < -0.4 is 5.73 Å². The van der Waals surface area contributed by atoms with Crippen LogP contribution in [-0.2, 0) is 0 Å². The molecule has 2 aliphatic heterocycles. The second kappa shape index (κ2) is 7.21. The molecule has 1 unspecified atom stereocenters. The SMILES string of the molecule is C=CCN1C(=O)c2ccc(C(=O)N3CCC(N)C(C)(C)C3)cc2C1=O.Cl. The molecule has 2 aliphatic rings. The summed E-state index contributed by atoms with van der Waals surface area (Å²) >= 11 is 0. The van der Waals surface area contributed by atoms with Gasteiger partial charge < -0.3 is 10.6 Å². The standard InChI is InChI=1S/C19H23N3O3.ClH/c1-4-8-22-17(24)13-6-5-12(10-14(13)18(22)25)16(23)21-9-7-15(20)19(2,3)11-21;/h4-6,10,15H,1,7-9,11,20H2,2-3H3;1H. The van der Waals surface area contributed by atoms with Crippen molar-refractivity contribution in [2.75, 3.05) is 19.6 Å². The second-order valence-corrected chi connectivity index (χ2v) is 7.38. The molecular formula is C19H24ClN3O3. The van der Waals surface area contributed by atoms with Gasteiger partial charge in [0.2, 0.25) is 0 Å². The minimum Gasteiger partial charge on any atom is -0.338 e. The maximum absolute atomic E-state index is 12.8. The van der Waals surface area contributed by atoms with Crippen molar-refractivity contribution >= 4 is 30.1 Å². The van der Waals surface area contributed by atoms with E-state index in [-0.39, 0.29) is 53.7 Å². The lowest BCUT2D eigenvalue weighted by Gasteiger charge is -2.42. The number of piperidine rings is 1. The summed E-state index contributed by atoms with van der Waals surface area (Å²) in [6, 6.07) is 4.77. The molecule has 1 atom stereocenters. The van der Waals surface area contributed by atoms with Gasteiger partial charge in [-0.3, -0.25) is 19.3 Å². The van der Waals surface area contributed by atoms with Crippen LogP contribution in [0, 0.1) is 5.41 Å². The molecular weight excluding hydrogens is 354 g/mol. The molecule has 6 nitrogen and oxygen atoms in total. The molecule has 1 aromatic carbocycles. The van der Waals surface area contributed by atoms with Crippen LogP contribution in [0.25, 0.3) is 0 Å². The lowest BCUT2D eigenvalue weighted by molar-refractivity contribution is 0.0532. The van der Waals surface area contributed by atoms with E-state index >= 15 is 0 Å². The Balaban J connectivity index is 0.00000243. The van der Waals surface area contributed by atoms with Crippen LogP contribution in [0.3, 0.4) is 0 Å². The number of amides is 3. The summed E-state index contributed by atoms with van der Waals surface area (Å²) < 4.78 is 0. The van der Waals surface area contributed by atoms with Crippen molar-refractivity contribution < 1.29 is 14.4 Å². The summed E-state index contributed by atoms with van der Waals surface area (Å²) in [7, 11) is 0. The molecule has 1 saturated heterocycles. The lowest BCUT2D eigenvalue weighted by atomic mass is 9.79. The molecule has 3 amide bonds. The fourth-order valence-corrected chi connectivity index (χ4v) is 3.45. The normalized spacial score (nSPS) is 21.3. The van der Waals surface area contributed by atoms with Gasteiger partial charge in [-0.1, -0.05) is 19.9 Å². The highest BCUT2D eigenvalue weighted by Crippen LogP contribution is 2.30. The van der Waals surface area contributed by atoms with Crippen LogP contribution in [-0.4, -0.2) is 53.2 Å². The summed E-state index contributed by atoms with van der Waals surface area (Å²) in [5.41, 5.74) is 7.02. The first-order chi connectivity index (χ1) is 11.8. The molecule has 2 N–H and O–H groups in total. The van der Waals surface area contributed by atoms with Crippen LogP contribution in [0.15, 0.2) is 30.9 Å². The van der Waals surface area contributed by atoms with Gasteiger partial charge in [-0.05, 0) is 30.0 Å². The van der Waals surface area contributed by atoms with Crippen molar-refractivity contribution in [3.63, 3.8) is 0 Å². The summed E-state index contributed by atoms with van der Waals surface area (Å²) in [5, 5.41) is 0. The number of carbonyl (C=O) groups is 3. The first-order valence-corrected chi connectivity index (χ1v) is 8.42. The number of fused-ring (bicyclic) bond motifs is 1. The van der Waals surface area contributed by atoms with Crippen LogP contribution in [0.1, 0.15) is 51.3 Å². The zero-order valence-corrected chi connectivity index (χ0v) is 15.8. The van der Waals surface area contributed by atoms with Gasteiger partial charge in [-0.15, -0.1) is 19.0 Å². The van der Waals surface area contributed by atoms with Crippen molar-refractivity contribution in [2.45, 2.75) is 26.3 Å². The van der Waals surface area contributed by atoms with Gasteiger partial charge in [0.15, 0.2) is 0 Å². The monoisotopic (exact) mass is 377 g/mol. The highest BCUT2D eigenvalue weighted by atomic mass is 35.5. The van der Waals surface area contributed by atoms with Crippen molar-refractivity contribution in [1.29, 1.82) is 0 Å². The van der Waals surface area contributed by atoms with E-state index in [9.17, 15) is 14.4 Å². The van der Waals surface area contributed by atoms with Gasteiger partial charge in [0.25, 0.3) is 17.7 Å². The van der Waals surface area contributed by atoms with E-state index in [1.807, 2.05) is 0 Å². The summed E-state index contributed by atoms with van der Waals surface area (Å²) in [4.78, 5) is 40.4. The van der Waals surface area contributed by atoms with E-state index in [4.69, 9.17) is 5.73 Å². The smallest absolute Gasteiger partial charge is 0.261 e. The minimum atomic E-state index is -0.379. The third-order valence-corrected chi connectivity index (χ3v) is 5.13. The number of hydrogen-bond acceptors (Lipinski definition) is 4. The van der Waals surface area contributed by atoms with Crippen LogP contribution in [0.2, 0.25) is 0 Å². The molecule has 0 radical (unpaired) electrons.